The second kappa shape index (κ2) is 10.1. The second-order valence-electron chi connectivity index (χ2n) is 7.08. The van der Waals surface area contributed by atoms with Gasteiger partial charge < -0.3 is 19.7 Å². The lowest BCUT2D eigenvalue weighted by atomic mass is 10.1. The van der Waals surface area contributed by atoms with E-state index in [4.69, 9.17) is 4.74 Å². The Morgan fingerprint density at radius 2 is 1.97 bits per heavy atom. The molecule has 1 heterocycles. The number of methoxy groups -OCH3 is 1. The summed E-state index contributed by atoms with van der Waals surface area (Å²) in [7, 11) is 1.29. The zero-order chi connectivity index (χ0) is 24.0. The number of aromatic nitrogens is 2. The largest absolute Gasteiger partial charge is 0.479 e. The van der Waals surface area contributed by atoms with Crippen LogP contribution in [0.4, 0.5) is 19.0 Å². The van der Waals surface area contributed by atoms with E-state index in [1.807, 2.05) is 0 Å². The van der Waals surface area contributed by atoms with Crippen molar-refractivity contribution in [1.82, 2.24) is 9.55 Å². The van der Waals surface area contributed by atoms with Gasteiger partial charge in [-0.25, -0.2) is 9.78 Å². The van der Waals surface area contributed by atoms with Gasteiger partial charge in [0.05, 0.1) is 11.9 Å². The van der Waals surface area contributed by atoms with Gasteiger partial charge in [0, 0.05) is 25.9 Å². The molecule has 2 aromatic carbocycles. The lowest BCUT2D eigenvalue weighted by molar-refractivity contribution is -0.149. The smallest absolute Gasteiger partial charge is 0.416 e. The van der Waals surface area contributed by atoms with Crippen LogP contribution < -0.4 is 5.32 Å². The summed E-state index contributed by atoms with van der Waals surface area (Å²) in [5.41, 5.74) is 0.737. The van der Waals surface area contributed by atoms with E-state index in [9.17, 15) is 27.9 Å². The molecule has 0 aliphatic heterocycles. The molecule has 7 nitrogen and oxygen atoms in total. The van der Waals surface area contributed by atoms with Gasteiger partial charge in [0.25, 0.3) is 0 Å². The molecule has 1 unspecified atom stereocenters. The highest BCUT2D eigenvalue weighted by Crippen LogP contribution is 2.29. The Kier molecular flexibility index (Phi) is 7.29. The van der Waals surface area contributed by atoms with Crippen LogP contribution in [0.1, 0.15) is 28.4 Å². The number of rotatable bonds is 8. The number of ether oxygens (including phenoxy) is 1. The van der Waals surface area contributed by atoms with Crippen molar-refractivity contribution in [2.24, 2.45) is 0 Å². The van der Waals surface area contributed by atoms with E-state index < -0.39 is 29.7 Å². The molecule has 1 aromatic heterocycles. The molecule has 2 N–H and O–H groups in total. The number of aliphatic carboxylic acids is 1. The Hall–Kier alpha value is -3.92. The average Bonchev–Trinajstić information content (AvgIpc) is 3.19. The minimum absolute atomic E-state index is 0.152. The highest BCUT2D eigenvalue weighted by molar-refractivity contribution is 6.01. The van der Waals surface area contributed by atoms with Gasteiger partial charge >= 0.3 is 12.1 Å². The number of hydrogen-bond donors (Lipinski definition) is 2. The predicted molar refractivity (Wildman–Crippen MR) is 114 cm³/mol. The Balaban J connectivity index is 1.62. The first-order valence-corrected chi connectivity index (χ1v) is 9.68. The molecule has 1 amide bonds. The number of halogens is 3. The summed E-state index contributed by atoms with van der Waals surface area (Å²) < 4.78 is 45.1. The van der Waals surface area contributed by atoms with Gasteiger partial charge in [-0.2, -0.15) is 13.2 Å². The molecule has 3 aromatic rings. The number of carboxylic acids is 1. The van der Waals surface area contributed by atoms with Gasteiger partial charge in [0.1, 0.15) is 0 Å². The third kappa shape index (κ3) is 6.53. The van der Waals surface area contributed by atoms with E-state index in [0.29, 0.717) is 16.7 Å². The Morgan fingerprint density at radius 3 is 2.67 bits per heavy atom. The fraction of sp³-hybridized carbons (Fsp3) is 0.174. The van der Waals surface area contributed by atoms with Gasteiger partial charge in [0.2, 0.25) is 5.91 Å². The van der Waals surface area contributed by atoms with Gasteiger partial charge in [-0.1, -0.05) is 30.3 Å². The number of nitrogens with zero attached hydrogens (tertiary/aromatic N) is 2. The van der Waals surface area contributed by atoms with Crippen molar-refractivity contribution >= 4 is 23.8 Å². The second-order valence-corrected chi connectivity index (χ2v) is 7.08. The minimum Gasteiger partial charge on any atom is -0.479 e. The normalized spacial score (nSPS) is 12.6. The van der Waals surface area contributed by atoms with E-state index in [1.54, 1.807) is 34.9 Å². The molecule has 10 heteroatoms. The first-order valence-electron chi connectivity index (χ1n) is 9.68. The van der Waals surface area contributed by atoms with Gasteiger partial charge in [-0.15, -0.1) is 0 Å². The first-order chi connectivity index (χ1) is 15.7. The van der Waals surface area contributed by atoms with Crippen molar-refractivity contribution in [2.75, 3.05) is 12.4 Å². The molecule has 0 bridgehead atoms. The van der Waals surface area contributed by atoms with Crippen molar-refractivity contribution in [3.05, 3.63) is 89.4 Å². The fourth-order valence-corrected chi connectivity index (χ4v) is 3.11. The maximum atomic E-state index is 12.9. The first kappa shape index (κ1) is 23.7. The van der Waals surface area contributed by atoms with Crippen molar-refractivity contribution in [1.29, 1.82) is 0 Å². The van der Waals surface area contributed by atoms with Crippen LogP contribution in [0.2, 0.25) is 0 Å². The Labute approximate surface area is 187 Å². The fourth-order valence-electron chi connectivity index (χ4n) is 3.11. The number of benzene rings is 2. The molecule has 0 radical (unpaired) electrons. The zero-order valence-electron chi connectivity index (χ0n) is 17.4. The summed E-state index contributed by atoms with van der Waals surface area (Å²) in [6.45, 7) is 0.152. The van der Waals surface area contributed by atoms with Gasteiger partial charge in [0.15, 0.2) is 11.9 Å². The summed E-state index contributed by atoms with van der Waals surface area (Å²) >= 11 is 0. The van der Waals surface area contributed by atoms with E-state index in [-0.39, 0.29) is 12.4 Å². The number of anilines is 1. The molecule has 0 spiro atoms. The van der Waals surface area contributed by atoms with Crippen molar-refractivity contribution in [2.45, 2.75) is 18.8 Å². The molecule has 33 heavy (non-hydrogen) atoms. The SMILES string of the molecule is COC(C(=O)O)c1cccc(C=CC(=O)Nc2cn(Cc3cccc(C(F)(F)F)c3)cn2)c1. The Morgan fingerprint density at radius 1 is 1.21 bits per heavy atom. The maximum Gasteiger partial charge on any atom is 0.416 e. The topological polar surface area (TPSA) is 93.5 Å². The number of carbonyl (C=O) groups is 2. The third-order valence-corrected chi connectivity index (χ3v) is 4.60. The van der Waals surface area contributed by atoms with Crippen LogP contribution in [0.25, 0.3) is 6.08 Å². The number of nitrogens with one attached hydrogen (secondary N) is 1. The van der Waals surface area contributed by atoms with E-state index in [2.05, 4.69) is 10.3 Å². The quantitative estimate of drug-likeness (QED) is 0.488. The van der Waals surface area contributed by atoms with Crippen molar-refractivity contribution in [3.63, 3.8) is 0 Å². The molecule has 172 valence electrons. The molecule has 1 atom stereocenters. The van der Waals surface area contributed by atoms with Crippen LogP contribution in [-0.2, 0) is 27.0 Å². The zero-order valence-corrected chi connectivity index (χ0v) is 17.4. The lowest BCUT2D eigenvalue weighted by Crippen LogP contribution is -2.13. The predicted octanol–water partition coefficient (Wildman–Crippen LogP) is 4.37. The Bertz CT molecular complexity index is 1170. The van der Waals surface area contributed by atoms with Crippen LogP contribution in [-0.4, -0.2) is 33.6 Å². The third-order valence-electron chi connectivity index (χ3n) is 4.60. The highest BCUT2D eigenvalue weighted by atomic mass is 19.4. The van der Waals surface area contributed by atoms with Crippen molar-refractivity contribution in [3.8, 4) is 0 Å². The number of imidazole rings is 1. The molecule has 0 fully saturated rings. The molecule has 0 saturated heterocycles. The van der Waals surface area contributed by atoms with Crippen molar-refractivity contribution < 1.29 is 32.6 Å². The molecule has 0 saturated carbocycles. The average molecular weight is 459 g/mol. The molecular weight excluding hydrogens is 439 g/mol. The van der Waals surface area contributed by atoms with Gasteiger partial charge in [-0.05, 0) is 41.0 Å². The summed E-state index contributed by atoms with van der Waals surface area (Å²) in [6, 6.07) is 11.5. The van der Waals surface area contributed by atoms with E-state index >= 15 is 0 Å². The minimum atomic E-state index is -4.42. The molecule has 0 aliphatic carbocycles. The summed E-state index contributed by atoms with van der Waals surface area (Å²) in [5.74, 6) is -1.38. The standard InChI is InChI=1S/C23H20F3N3O4/c1-33-21(22(31)32)17-6-2-4-15(10-17)8-9-20(30)28-19-13-29(14-27-19)12-16-5-3-7-18(11-16)23(24,25)26/h2-11,13-14,21H,12H2,1H3,(H,28,30)(H,31,32). The molecular formula is C23H20F3N3O4. The van der Waals surface area contributed by atoms with Crippen LogP contribution in [0.15, 0.2) is 67.1 Å². The number of amides is 1. The summed E-state index contributed by atoms with van der Waals surface area (Å²) in [5, 5.41) is 11.7. The van der Waals surface area contributed by atoms with E-state index in [1.165, 1.54) is 37.9 Å². The maximum absolute atomic E-state index is 12.9. The number of hydrogen-bond acceptors (Lipinski definition) is 4. The number of carbonyl (C=O) groups excluding carboxylic acids is 1. The van der Waals surface area contributed by atoms with Crippen LogP contribution in [0, 0.1) is 0 Å². The lowest BCUT2D eigenvalue weighted by Gasteiger charge is -2.11. The molecule has 0 aliphatic rings. The monoisotopic (exact) mass is 459 g/mol. The highest BCUT2D eigenvalue weighted by Gasteiger charge is 2.30. The van der Waals surface area contributed by atoms with Crippen LogP contribution in [0.5, 0.6) is 0 Å². The van der Waals surface area contributed by atoms with Crippen LogP contribution in [0.3, 0.4) is 0 Å². The van der Waals surface area contributed by atoms with Crippen LogP contribution >= 0.6 is 0 Å². The summed E-state index contributed by atoms with van der Waals surface area (Å²) in [6.07, 6.45) is 0.130. The summed E-state index contributed by atoms with van der Waals surface area (Å²) in [4.78, 5) is 27.5. The molecule has 3 rings (SSSR count). The van der Waals surface area contributed by atoms with Gasteiger partial charge in [-0.3, -0.25) is 4.79 Å². The number of alkyl halides is 3. The number of carboxylic acid groups (broad SMARTS) is 1. The van der Waals surface area contributed by atoms with E-state index in [0.717, 1.165) is 12.1 Å².